The van der Waals surface area contributed by atoms with Crippen molar-refractivity contribution in [1.82, 2.24) is 5.32 Å². The molecule has 2 nitrogen and oxygen atoms in total. The lowest BCUT2D eigenvalue weighted by molar-refractivity contribution is 0.646. The highest BCUT2D eigenvalue weighted by Gasteiger charge is 2.10. The highest BCUT2D eigenvalue weighted by atomic mass is 14.9. The summed E-state index contributed by atoms with van der Waals surface area (Å²) in [5.74, 6) is 0. The maximum absolute atomic E-state index is 5.85. The van der Waals surface area contributed by atoms with Crippen LogP contribution in [0.4, 0.5) is 5.69 Å². The zero-order valence-corrected chi connectivity index (χ0v) is 6.93. The average molecular weight is 158 g/mol. The molecular weight excluding hydrogens is 147 g/mol. The summed E-state index contributed by atoms with van der Waals surface area (Å²) < 4.78 is 0. The lowest BCUT2D eigenvalue weighted by Crippen LogP contribution is -2.29. The van der Waals surface area contributed by atoms with Crippen molar-refractivity contribution in [1.29, 1.82) is 0 Å². The van der Waals surface area contributed by atoms with Crippen molar-refractivity contribution in [2.24, 2.45) is 0 Å². The van der Waals surface area contributed by atoms with Crippen molar-refractivity contribution in [3.8, 4) is 0 Å². The summed E-state index contributed by atoms with van der Waals surface area (Å²) in [7, 11) is 5.85. The molecule has 1 aliphatic rings. The number of nitrogens with one attached hydrogen (secondary N) is 1. The van der Waals surface area contributed by atoms with Crippen LogP contribution >= 0.6 is 0 Å². The van der Waals surface area contributed by atoms with Crippen LogP contribution in [0, 0.1) is 0 Å². The molecule has 1 aliphatic heterocycles. The van der Waals surface area contributed by atoms with Gasteiger partial charge in [-0.05, 0) is 30.2 Å². The number of anilines is 1. The molecule has 0 spiro atoms. The predicted molar refractivity (Wildman–Crippen MR) is 51.7 cm³/mol. The molecule has 2 radical (unpaired) electrons. The van der Waals surface area contributed by atoms with Crippen molar-refractivity contribution in [2.75, 3.05) is 12.3 Å². The van der Waals surface area contributed by atoms with Crippen LogP contribution in [-0.2, 0) is 13.0 Å². The second-order valence-electron chi connectivity index (χ2n) is 3.13. The summed E-state index contributed by atoms with van der Waals surface area (Å²) in [4.78, 5) is 0. The van der Waals surface area contributed by atoms with E-state index in [4.69, 9.17) is 13.6 Å². The van der Waals surface area contributed by atoms with Gasteiger partial charge in [0.2, 0.25) is 0 Å². The van der Waals surface area contributed by atoms with Crippen LogP contribution in [0.5, 0.6) is 0 Å². The number of hydrogen-bond acceptors (Lipinski definition) is 2. The van der Waals surface area contributed by atoms with Gasteiger partial charge in [-0.15, -0.1) is 0 Å². The van der Waals surface area contributed by atoms with Gasteiger partial charge in [0.25, 0.3) is 0 Å². The molecule has 3 N–H and O–H groups in total. The van der Waals surface area contributed by atoms with E-state index in [1.54, 1.807) is 0 Å². The third-order valence-electron chi connectivity index (χ3n) is 2.36. The summed E-state index contributed by atoms with van der Waals surface area (Å²) >= 11 is 0. The monoisotopic (exact) mass is 158 g/mol. The van der Waals surface area contributed by atoms with Crippen molar-refractivity contribution >= 4 is 19.0 Å². The van der Waals surface area contributed by atoms with E-state index >= 15 is 0 Å². The Hall–Kier alpha value is -0.955. The SMILES string of the molecule is [B]c1c(N)ccc2c1CCNC2. The Labute approximate surface area is 73.6 Å². The van der Waals surface area contributed by atoms with E-state index in [0.29, 0.717) is 5.69 Å². The molecule has 1 aromatic carbocycles. The number of fused-ring (bicyclic) bond motifs is 1. The van der Waals surface area contributed by atoms with Gasteiger partial charge >= 0.3 is 0 Å². The lowest BCUT2D eigenvalue weighted by Gasteiger charge is -2.20. The number of nitrogen functional groups attached to an aromatic ring is 1. The van der Waals surface area contributed by atoms with Crippen LogP contribution in [0.25, 0.3) is 0 Å². The molecule has 2 rings (SSSR count). The Bertz CT molecular complexity index is 310. The third-order valence-corrected chi connectivity index (χ3v) is 2.36. The van der Waals surface area contributed by atoms with Gasteiger partial charge in [0, 0.05) is 12.2 Å². The first-order valence-corrected chi connectivity index (χ1v) is 4.15. The first-order valence-electron chi connectivity index (χ1n) is 4.15. The largest absolute Gasteiger partial charge is 0.399 e. The van der Waals surface area contributed by atoms with E-state index < -0.39 is 0 Å². The van der Waals surface area contributed by atoms with Gasteiger partial charge in [0.05, 0.1) is 0 Å². The maximum Gasteiger partial charge on any atom is 0.117 e. The van der Waals surface area contributed by atoms with E-state index in [9.17, 15) is 0 Å². The van der Waals surface area contributed by atoms with Crippen molar-refractivity contribution in [3.05, 3.63) is 23.3 Å². The van der Waals surface area contributed by atoms with Crippen LogP contribution in [0.2, 0.25) is 0 Å². The fourth-order valence-corrected chi connectivity index (χ4v) is 1.63. The standard InChI is InChI=1S/C9H11BN2/c10-9-7-3-4-12-5-6(7)1-2-8(9)11/h1-2,12H,3-5,11H2. The molecule has 0 aliphatic carbocycles. The van der Waals surface area contributed by atoms with Gasteiger partial charge in [-0.1, -0.05) is 11.5 Å². The minimum atomic E-state index is 0.704. The van der Waals surface area contributed by atoms with Crippen molar-refractivity contribution in [3.63, 3.8) is 0 Å². The molecule has 1 heterocycles. The number of nitrogens with two attached hydrogens (primary N) is 1. The minimum Gasteiger partial charge on any atom is -0.399 e. The maximum atomic E-state index is 5.85. The van der Waals surface area contributed by atoms with Gasteiger partial charge in [-0.25, -0.2) is 0 Å². The Kier molecular flexibility index (Phi) is 1.81. The summed E-state index contributed by atoms with van der Waals surface area (Å²) in [5, 5.41) is 3.29. The Morgan fingerprint density at radius 1 is 1.42 bits per heavy atom. The lowest BCUT2D eigenvalue weighted by atomic mass is 9.83. The molecule has 0 amide bonds. The highest BCUT2D eigenvalue weighted by molar-refractivity contribution is 6.36. The van der Waals surface area contributed by atoms with Crippen LogP contribution in [0.15, 0.2) is 12.1 Å². The Morgan fingerprint density at radius 2 is 2.25 bits per heavy atom. The first kappa shape index (κ1) is 7.68. The number of benzene rings is 1. The second-order valence-corrected chi connectivity index (χ2v) is 3.13. The van der Waals surface area contributed by atoms with Gasteiger partial charge < -0.3 is 11.1 Å². The molecule has 0 bridgehead atoms. The van der Waals surface area contributed by atoms with Crippen LogP contribution in [0.1, 0.15) is 11.1 Å². The molecule has 12 heavy (non-hydrogen) atoms. The van der Waals surface area contributed by atoms with E-state index in [-0.39, 0.29) is 0 Å². The molecule has 0 atom stereocenters. The third kappa shape index (κ3) is 1.10. The van der Waals surface area contributed by atoms with Gasteiger partial charge in [0.1, 0.15) is 7.85 Å². The van der Waals surface area contributed by atoms with E-state index in [2.05, 4.69) is 5.32 Å². The molecule has 0 fully saturated rings. The topological polar surface area (TPSA) is 38.0 Å². The van der Waals surface area contributed by atoms with Gasteiger partial charge in [-0.2, -0.15) is 0 Å². The van der Waals surface area contributed by atoms with E-state index in [1.165, 1.54) is 11.1 Å². The zero-order chi connectivity index (χ0) is 8.55. The fourth-order valence-electron chi connectivity index (χ4n) is 1.63. The zero-order valence-electron chi connectivity index (χ0n) is 6.93. The van der Waals surface area contributed by atoms with Crippen LogP contribution in [-0.4, -0.2) is 14.4 Å². The van der Waals surface area contributed by atoms with Gasteiger partial charge in [0.15, 0.2) is 0 Å². The molecule has 1 aromatic rings. The minimum absolute atomic E-state index is 0.704. The molecule has 0 aromatic heterocycles. The Balaban J connectivity index is 2.54. The number of rotatable bonds is 0. The molecule has 0 saturated heterocycles. The van der Waals surface area contributed by atoms with Crippen LogP contribution < -0.4 is 16.5 Å². The molecule has 0 unspecified atom stereocenters. The average Bonchev–Trinajstić information content (AvgIpc) is 2.12. The summed E-state index contributed by atoms with van der Waals surface area (Å²) in [6.07, 6.45) is 0.992. The summed E-state index contributed by atoms with van der Waals surface area (Å²) in [5.41, 5.74) is 9.69. The Morgan fingerprint density at radius 3 is 3.08 bits per heavy atom. The predicted octanol–water partition coefficient (Wildman–Crippen LogP) is -0.292. The van der Waals surface area contributed by atoms with E-state index in [0.717, 1.165) is 25.0 Å². The molecule has 60 valence electrons. The smallest absolute Gasteiger partial charge is 0.117 e. The van der Waals surface area contributed by atoms with Crippen LogP contribution in [0.3, 0.4) is 0 Å². The first-order chi connectivity index (χ1) is 5.79. The quantitative estimate of drug-likeness (QED) is 0.402. The molecular formula is C9H11BN2. The molecule has 0 saturated carbocycles. The number of hydrogen-bond donors (Lipinski definition) is 2. The fraction of sp³-hybridized carbons (Fsp3) is 0.333. The van der Waals surface area contributed by atoms with E-state index in [1.807, 2.05) is 12.1 Å². The second kappa shape index (κ2) is 2.83. The highest BCUT2D eigenvalue weighted by Crippen LogP contribution is 2.13. The van der Waals surface area contributed by atoms with Crippen molar-refractivity contribution < 1.29 is 0 Å². The summed E-state index contributed by atoms with van der Waals surface area (Å²) in [6, 6.07) is 3.92. The van der Waals surface area contributed by atoms with Gasteiger partial charge in [-0.3, -0.25) is 0 Å². The molecule has 3 heteroatoms. The summed E-state index contributed by atoms with van der Waals surface area (Å²) in [6.45, 7) is 1.92. The van der Waals surface area contributed by atoms with Crippen molar-refractivity contribution in [2.45, 2.75) is 13.0 Å². The normalized spacial score (nSPS) is 15.7.